The number of nitrogens with zero attached hydrogens (tertiary/aromatic N) is 4. The maximum atomic E-state index is 13.3. The number of nitrogens with one attached hydrogen (secondary N) is 1. The molecule has 0 spiro atoms. The van der Waals surface area contributed by atoms with Crippen molar-refractivity contribution >= 4 is 29.0 Å². The summed E-state index contributed by atoms with van der Waals surface area (Å²) in [5, 5.41) is 12.0. The lowest BCUT2D eigenvalue weighted by molar-refractivity contribution is -0.137. The molecular formula is C24H30F3N5O2S. The van der Waals surface area contributed by atoms with Gasteiger partial charge in [0.1, 0.15) is 5.82 Å². The minimum Gasteiger partial charge on any atom is -0.378 e. The van der Waals surface area contributed by atoms with Crippen LogP contribution in [-0.4, -0.2) is 52.7 Å². The lowest BCUT2D eigenvalue weighted by Crippen LogP contribution is -2.37. The SMILES string of the molecule is C=CCn1c(SCC(=O)Nc2cc(C(F)(F)F)ccc2N2CCOCC2)nnc1C1CCCCC1. The van der Waals surface area contributed by atoms with Gasteiger partial charge in [0.2, 0.25) is 5.91 Å². The summed E-state index contributed by atoms with van der Waals surface area (Å²) in [7, 11) is 0. The Morgan fingerprint density at radius 1 is 1.20 bits per heavy atom. The van der Waals surface area contributed by atoms with Gasteiger partial charge in [0, 0.05) is 25.6 Å². The average Bonchev–Trinajstić information content (AvgIpc) is 3.26. The van der Waals surface area contributed by atoms with E-state index in [4.69, 9.17) is 4.74 Å². The summed E-state index contributed by atoms with van der Waals surface area (Å²) in [5.41, 5.74) is -0.114. The van der Waals surface area contributed by atoms with Crippen LogP contribution in [0.4, 0.5) is 24.5 Å². The van der Waals surface area contributed by atoms with E-state index in [1.54, 1.807) is 6.08 Å². The van der Waals surface area contributed by atoms with E-state index >= 15 is 0 Å². The van der Waals surface area contributed by atoms with E-state index in [9.17, 15) is 18.0 Å². The van der Waals surface area contributed by atoms with Gasteiger partial charge in [-0.2, -0.15) is 13.2 Å². The number of alkyl halides is 3. The summed E-state index contributed by atoms with van der Waals surface area (Å²) in [6.45, 7) is 6.40. The zero-order valence-electron chi connectivity index (χ0n) is 19.5. The number of ether oxygens (including phenoxy) is 1. The first-order valence-corrected chi connectivity index (χ1v) is 12.9. The van der Waals surface area contributed by atoms with Gasteiger partial charge in [0.15, 0.2) is 5.16 Å². The van der Waals surface area contributed by atoms with Gasteiger partial charge in [-0.3, -0.25) is 4.79 Å². The number of carbonyl (C=O) groups excluding carboxylic acids is 1. The standard InChI is InChI=1S/C24H30F3N5O2S/c1-2-10-32-22(17-6-4-3-5-7-17)29-30-23(32)35-16-21(33)28-19-15-18(24(25,26)27)8-9-20(19)31-11-13-34-14-12-31/h2,8-9,15,17H,1,3-7,10-14,16H2,(H,28,33). The maximum absolute atomic E-state index is 13.3. The van der Waals surface area contributed by atoms with Crippen LogP contribution in [0.1, 0.15) is 49.4 Å². The molecule has 11 heteroatoms. The van der Waals surface area contributed by atoms with Crippen molar-refractivity contribution in [1.82, 2.24) is 14.8 Å². The third kappa shape index (κ3) is 6.38. The van der Waals surface area contributed by atoms with Crippen LogP contribution in [0, 0.1) is 0 Å². The Morgan fingerprint density at radius 2 is 1.94 bits per heavy atom. The van der Waals surface area contributed by atoms with Crippen LogP contribution >= 0.6 is 11.8 Å². The van der Waals surface area contributed by atoms with Crippen LogP contribution in [0.3, 0.4) is 0 Å². The molecule has 1 amide bonds. The lowest BCUT2D eigenvalue weighted by Gasteiger charge is -2.31. The van der Waals surface area contributed by atoms with Crippen LogP contribution < -0.4 is 10.2 Å². The molecule has 0 radical (unpaired) electrons. The summed E-state index contributed by atoms with van der Waals surface area (Å²) in [4.78, 5) is 14.7. The van der Waals surface area contributed by atoms with Crippen molar-refractivity contribution in [2.75, 3.05) is 42.3 Å². The highest BCUT2D eigenvalue weighted by atomic mass is 32.2. The van der Waals surface area contributed by atoms with Crippen LogP contribution in [0.5, 0.6) is 0 Å². The monoisotopic (exact) mass is 509 g/mol. The molecule has 1 N–H and O–H groups in total. The summed E-state index contributed by atoms with van der Waals surface area (Å²) < 4.78 is 47.4. The molecule has 2 fully saturated rings. The second-order valence-corrected chi connectivity index (χ2v) is 9.68. The summed E-state index contributed by atoms with van der Waals surface area (Å²) >= 11 is 1.22. The first-order chi connectivity index (χ1) is 16.9. The summed E-state index contributed by atoms with van der Waals surface area (Å²) in [5.74, 6) is 0.857. The van der Waals surface area contributed by atoms with Crippen molar-refractivity contribution in [3.63, 3.8) is 0 Å². The molecule has 0 atom stereocenters. The van der Waals surface area contributed by atoms with Crippen molar-refractivity contribution < 1.29 is 22.7 Å². The van der Waals surface area contributed by atoms with Crippen molar-refractivity contribution in [2.45, 2.75) is 55.9 Å². The topological polar surface area (TPSA) is 72.3 Å². The maximum Gasteiger partial charge on any atom is 0.416 e. The number of carbonyl (C=O) groups is 1. The molecule has 0 bridgehead atoms. The van der Waals surface area contributed by atoms with E-state index in [0.29, 0.717) is 49.6 Å². The molecule has 35 heavy (non-hydrogen) atoms. The Hall–Kier alpha value is -2.53. The van der Waals surface area contributed by atoms with Crippen LogP contribution in [-0.2, 0) is 22.3 Å². The highest BCUT2D eigenvalue weighted by Gasteiger charge is 2.32. The van der Waals surface area contributed by atoms with Crippen molar-refractivity contribution in [3.8, 4) is 0 Å². The smallest absolute Gasteiger partial charge is 0.378 e. The highest BCUT2D eigenvalue weighted by Crippen LogP contribution is 2.36. The van der Waals surface area contributed by atoms with E-state index in [-0.39, 0.29) is 11.4 Å². The molecule has 2 aromatic rings. The van der Waals surface area contributed by atoms with E-state index in [1.807, 2.05) is 9.47 Å². The normalized spacial score (nSPS) is 17.4. The highest BCUT2D eigenvalue weighted by molar-refractivity contribution is 7.99. The van der Waals surface area contributed by atoms with E-state index < -0.39 is 17.6 Å². The first-order valence-electron chi connectivity index (χ1n) is 11.9. The lowest BCUT2D eigenvalue weighted by atomic mass is 9.89. The largest absolute Gasteiger partial charge is 0.416 e. The molecular weight excluding hydrogens is 479 g/mol. The number of benzene rings is 1. The number of halogens is 3. The van der Waals surface area contributed by atoms with Gasteiger partial charge in [-0.15, -0.1) is 16.8 Å². The van der Waals surface area contributed by atoms with Gasteiger partial charge in [-0.1, -0.05) is 37.1 Å². The Balaban J connectivity index is 1.48. The number of thioether (sulfide) groups is 1. The van der Waals surface area contributed by atoms with Crippen LogP contribution in [0.15, 0.2) is 36.0 Å². The minimum absolute atomic E-state index is 0.00125. The number of hydrogen-bond donors (Lipinski definition) is 1. The van der Waals surface area contributed by atoms with Crippen LogP contribution in [0.25, 0.3) is 0 Å². The summed E-state index contributed by atoms with van der Waals surface area (Å²) in [6.07, 6.45) is 2.97. The second-order valence-electron chi connectivity index (χ2n) is 8.74. The van der Waals surface area contributed by atoms with Crippen molar-refractivity contribution in [3.05, 3.63) is 42.2 Å². The molecule has 1 aliphatic heterocycles. The zero-order chi connectivity index (χ0) is 24.8. The average molecular weight is 510 g/mol. The third-order valence-corrected chi connectivity index (χ3v) is 7.28. The number of amides is 1. The number of allylic oxidation sites excluding steroid dienone is 1. The third-order valence-electron chi connectivity index (χ3n) is 6.31. The Morgan fingerprint density at radius 3 is 2.63 bits per heavy atom. The number of morpholine rings is 1. The fraction of sp³-hybridized carbons (Fsp3) is 0.542. The van der Waals surface area contributed by atoms with E-state index in [2.05, 4.69) is 22.1 Å². The molecule has 1 aliphatic carbocycles. The Labute approximate surface area is 207 Å². The Bertz CT molecular complexity index is 1030. The van der Waals surface area contributed by atoms with Crippen molar-refractivity contribution in [2.24, 2.45) is 0 Å². The second kappa shape index (κ2) is 11.5. The predicted molar refractivity (Wildman–Crippen MR) is 130 cm³/mol. The van der Waals surface area contributed by atoms with Gasteiger partial charge in [0.05, 0.1) is 35.9 Å². The number of anilines is 2. The molecule has 1 saturated heterocycles. The molecule has 0 unspecified atom stereocenters. The van der Waals surface area contributed by atoms with Crippen molar-refractivity contribution in [1.29, 1.82) is 0 Å². The van der Waals surface area contributed by atoms with E-state index in [1.165, 1.54) is 37.1 Å². The molecule has 2 aliphatic rings. The van der Waals surface area contributed by atoms with E-state index in [0.717, 1.165) is 30.8 Å². The molecule has 7 nitrogen and oxygen atoms in total. The fourth-order valence-electron chi connectivity index (χ4n) is 4.58. The molecule has 1 saturated carbocycles. The van der Waals surface area contributed by atoms with Gasteiger partial charge in [-0.25, -0.2) is 0 Å². The predicted octanol–water partition coefficient (Wildman–Crippen LogP) is 5.10. The quantitative estimate of drug-likeness (QED) is 0.395. The number of hydrogen-bond acceptors (Lipinski definition) is 6. The number of rotatable bonds is 8. The van der Waals surface area contributed by atoms with Gasteiger partial charge < -0.3 is 19.5 Å². The Kier molecular flexibility index (Phi) is 8.38. The fourth-order valence-corrected chi connectivity index (χ4v) is 5.33. The first kappa shape index (κ1) is 25.6. The molecule has 1 aromatic carbocycles. The molecule has 190 valence electrons. The minimum atomic E-state index is -4.51. The molecule has 4 rings (SSSR count). The van der Waals surface area contributed by atoms with Gasteiger partial charge in [-0.05, 0) is 31.0 Å². The van der Waals surface area contributed by atoms with Gasteiger partial charge in [0.25, 0.3) is 0 Å². The zero-order valence-corrected chi connectivity index (χ0v) is 20.3. The summed E-state index contributed by atoms with van der Waals surface area (Å²) in [6, 6.07) is 3.45. The number of aromatic nitrogens is 3. The van der Waals surface area contributed by atoms with Crippen LogP contribution in [0.2, 0.25) is 0 Å². The molecule has 2 heterocycles. The molecule has 1 aromatic heterocycles. The van der Waals surface area contributed by atoms with Gasteiger partial charge >= 0.3 is 6.18 Å².